The topological polar surface area (TPSA) is 56.2 Å². The van der Waals surface area contributed by atoms with E-state index in [0.29, 0.717) is 6.61 Å². The van der Waals surface area contributed by atoms with Gasteiger partial charge in [-0.05, 0) is 55.7 Å². The van der Waals surface area contributed by atoms with Crippen molar-refractivity contribution < 1.29 is 9.53 Å². The third-order valence-electron chi connectivity index (χ3n) is 7.62. The molecule has 1 N–H and O–H groups in total. The minimum atomic E-state index is 0.248. The highest BCUT2D eigenvalue weighted by Crippen LogP contribution is 2.26. The number of amides is 1. The number of carbonyl (C=O) groups excluding carboxylic acids is 1. The molecule has 0 bridgehead atoms. The summed E-state index contributed by atoms with van der Waals surface area (Å²) in [5.74, 6) is 2.62. The quantitative estimate of drug-likeness (QED) is 0.213. The number of imidazole rings is 1. The minimum absolute atomic E-state index is 0.248. The van der Waals surface area contributed by atoms with Gasteiger partial charge in [0.25, 0.3) is 0 Å². The van der Waals surface area contributed by atoms with E-state index in [4.69, 9.17) is 9.72 Å². The zero-order valence-electron chi connectivity index (χ0n) is 21.8. The first-order chi connectivity index (χ1) is 18.3. The lowest BCUT2D eigenvalue weighted by Crippen LogP contribution is -2.32. The normalized spacial score (nSPS) is 14.3. The molecule has 0 atom stereocenters. The van der Waals surface area contributed by atoms with Crippen LogP contribution in [-0.4, -0.2) is 28.6 Å². The Kier molecular flexibility index (Phi) is 8.73. The number of nitrogens with one attached hydrogen (secondary N) is 1. The second kappa shape index (κ2) is 12.8. The zero-order valence-corrected chi connectivity index (χ0v) is 21.8. The molecule has 0 unspecified atom stereocenters. The Hall–Kier alpha value is -3.34. The van der Waals surface area contributed by atoms with Gasteiger partial charge in [0.05, 0.1) is 17.6 Å². The molecule has 0 aliphatic heterocycles. The van der Waals surface area contributed by atoms with Crippen molar-refractivity contribution >= 4 is 27.7 Å². The summed E-state index contributed by atoms with van der Waals surface area (Å²) < 4.78 is 8.56. The molecule has 1 aliphatic carbocycles. The first-order valence-corrected chi connectivity index (χ1v) is 14.1. The molecule has 194 valence electrons. The SMILES string of the molecule is O=C(NCCCCCc1nc2ccccc2n1CCCOc1cccc2ccccc12)C1CCCCC1. The van der Waals surface area contributed by atoms with Crippen molar-refractivity contribution in [2.75, 3.05) is 13.2 Å². The van der Waals surface area contributed by atoms with E-state index in [1.807, 2.05) is 0 Å². The van der Waals surface area contributed by atoms with Gasteiger partial charge >= 0.3 is 0 Å². The number of nitrogens with zero attached hydrogens (tertiary/aromatic N) is 2. The summed E-state index contributed by atoms with van der Waals surface area (Å²) in [5, 5.41) is 5.53. The van der Waals surface area contributed by atoms with Crippen LogP contribution in [0, 0.1) is 5.92 Å². The summed E-state index contributed by atoms with van der Waals surface area (Å²) >= 11 is 0. The van der Waals surface area contributed by atoms with E-state index in [0.717, 1.165) is 80.5 Å². The maximum absolute atomic E-state index is 12.3. The Bertz CT molecular complexity index is 1300. The third-order valence-corrected chi connectivity index (χ3v) is 7.62. The van der Waals surface area contributed by atoms with Gasteiger partial charge in [0, 0.05) is 30.8 Å². The van der Waals surface area contributed by atoms with Gasteiger partial charge in [-0.25, -0.2) is 4.98 Å². The van der Waals surface area contributed by atoms with E-state index in [2.05, 4.69) is 76.6 Å². The largest absolute Gasteiger partial charge is 0.493 e. The molecule has 4 aromatic rings. The van der Waals surface area contributed by atoms with E-state index >= 15 is 0 Å². The number of hydrogen-bond donors (Lipinski definition) is 1. The summed E-state index contributed by atoms with van der Waals surface area (Å²) in [6, 6.07) is 23.0. The molecule has 1 heterocycles. The van der Waals surface area contributed by atoms with Crippen LogP contribution in [0.3, 0.4) is 0 Å². The molecule has 0 saturated heterocycles. The summed E-state index contributed by atoms with van der Waals surface area (Å²) in [6.07, 6.45) is 10.9. The fraction of sp³-hybridized carbons (Fsp3) is 0.438. The van der Waals surface area contributed by atoms with Gasteiger partial charge in [-0.1, -0.05) is 74.2 Å². The number of rotatable bonds is 12. The number of aromatic nitrogens is 2. The average molecular weight is 498 g/mol. The number of unbranched alkanes of at least 4 members (excludes halogenated alkanes) is 2. The van der Waals surface area contributed by atoms with Crippen molar-refractivity contribution in [1.29, 1.82) is 0 Å². The van der Waals surface area contributed by atoms with Crippen molar-refractivity contribution in [2.45, 2.75) is 70.8 Å². The van der Waals surface area contributed by atoms with Crippen LogP contribution in [0.4, 0.5) is 0 Å². The molecule has 37 heavy (non-hydrogen) atoms. The van der Waals surface area contributed by atoms with E-state index in [1.165, 1.54) is 30.2 Å². The van der Waals surface area contributed by atoms with Gasteiger partial charge in [0.2, 0.25) is 5.91 Å². The van der Waals surface area contributed by atoms with Crippen LogP contribution in [0.5, 0.6) is 5.75 Å². The molecule has 5 heteroatoms. The van der Waals surface area contributed by atoms with Crippen molar-refractivity contribution in [3.63, 3.8) is 0 Å². The number of para-hydroxylation sites is 2. The van der Waals surface area contributed by atoms with Crippen LogP contribution in [0.25, 0.3) is 21.8 Å². The van der Waals surface area contributed by atoms with E-state index in [-0.39, 0.29) is 11.8 Å². The average Bonchev–Trinajstić information content (AvgIpc) is 3.30. The van der Waals surface area contributed by atoms with Gasteiger partial charge in [-0.15, -0.1) is 0 Å². The van der Waals surface area contributed by atoms with Gasteiger partial charge < -0.3 is 14.6 Å². The van der Waals surface area contributed by atoms with Crippen molar-refractivity contribution in [1.82, 2.24) is 14.9 Å². The summed E-state index contributed by atoms with van der Waals surface area (Å²) in [7, 11) is 0. The summed E-state index contributed by atoms with van der Waals surface area (Å²) in [5.41, 5.74) is 2.26. The monoisotopic (exact) mass is 497 g/mol. The first-order valence-electron chi connectivity index (χ1n) is 14.1. The van der Waals surface area contributed by atoms with Gasteiger partial charge in [-0.2, -0.15) is 0 Å². The standard InChI is InChI=1S/C32H39N3O2/c36-32(26-14-3-1-4-15-26)33-22-10-2-5-21-31-34-28-18-8-9-19-29(28)35(31)23-12-24-37-30-20-11-16-25-13-6-7-17-27(25)30/h6-9,11,13,16-20,26H,1-5,10,12,14-15,21-24H2,(H,33,36). The number of aryl methyl sites for hydroxylation is 2. The maximum atomic E-state index is 12.3. The number of hydrogen-bond acceptors (Lipinski definition) is 3. The molecule has 5 rings (SSSR count). The Balaban J connectivity index is 1.10. The third kappa shape index (κ3) is 6.51. The predicted octanol–water partition coefficient (Wildman–Crippen LogP) is 7.07. The van der Waals surface area contributed by atoms with Crippen LogP contribution in [-0.2, 0) is 17.8 Å². The minimum Gasteiger partial charge on any atom is -0.493 e. The molecule has 1 aliphatic rings. The fourth-order valence-corrected chi connectivity index (χ4v) is 5.60. The Morgan fingerprint density at radius 1 is 0.892 bits per heavy atom. The van der Waals surface area contributed by atoms with E-state index in [9.17, 15) is 4.79 Å². The molecule has 1 aromatic heterocycles. The predicted molar refractivity (Wildman–Crippen MR) is 151 cm³/mol. The lowest BCUT2D eigenvalue weighted by Gasteiger charge is -2.20. The number of carbonyl (C=O) groups is 1. The van der Waals surface area contributed by atoms with Crippen LogP contribution >= 0.6 is 0 Å². The van der Waals surface area contributed by atoms with Gasteiger partial charge in [-0.3, -0.25) is 4.79 Å². The maximum Gasteiger partial charge on any atom is 0.223 e. The molecule has 5 nitrogen and oxygen atoms in total. The number of ether oxygens (including phenoxy) is 1. The second-order valence-corrected chi connectivity index (χ2v) is 10.3. The number of fused-ring (bicyclic) bond motifs is 2. The Labute approximate surface area is 220 Å². The van der Waals surface area contributed by atoms with E-state index < -0.39 is 0 Å². The van der Waals surface area contributed by atoms with Gasteiger partial charge in [0.15, 0.2) is 0 Å². The molecular formula is C32H39N3O2. The van der Waals surface area contributed by atoms with Crippen molar-refractivity contribution in [3.05, 3.63) is 72.6 Å². The highest BCUT2D eigenvalue weighted by molar-refractivity contribution is 5.88. The molecule has 0 spiro atoms. The lowest BCUT2D eigenvalue weighted by atomic mass is 9.89. The van der Waals surface area contributed by atoms with Crippen LogP contribution < -0.4 is 10.1 Å². The van der Waals surface area contributed by atoms with Crippen molar-refractivity contribution in [3.8, 4) is 5.75 Å². The molecular weight excluding hydrogens is 458 g/mol. The van der Waals surface area contributed by atoms with Crippen LogP contribution in [0.1, 0.15) is 63.6 Å². The lowest BCUT2D eigenvalue weighted by molar-refractivity contribution is -0.125. The van der Waals surface area contributed by atoms with Gasteiger partial charge in [0.1, 0.15) is 11.6 Å². The summed E-state index contributed by atoms with van der Waals surface area (Å²) in [6.45, 7) is 2.34. The Morgan fingerprint density at radius 2 is 1.70 bits per heavy atom. The fourth-order valence-electron chi connectivity index (χ4n) is 5.60. The molecule has 1 saturated carbocycles. The smallest absolute Gasteiger partial charge is 0.223 e. The molecule has 1 amide bonds. The second-order valence-electron chi connectivity index (χ2n) is 10.3. The van der Waals surface area contributed by atoms with Crippen LogP contribution in [0.15, 0.2) is 66.7 Å². The number of benzene rings is 3. The van der Waals surface area contributed by atoms with Crippen LogP contribution in [0.2, 0.25) is 0 Å². The van der Waals surface area contributed by atoms with Crippen molar-refractivity contribution in [2.24, 2.45) is 5.92 Å². The zero-order chi connectivity index (χ0) is 25.3. The summed E-state index contributed by atoms with van der Waals surface area (Å²) in [4.78, 5) is 17.3. The molecule has 3 aromatic carbocycles. The highest BCUT2D eigenvalue weighted by Gasteiger charge is 2.20. The molecule has 1 fully saturated rings. The first kappa shape index (κ1) is 25.3. The highest BCUT2D eigenvalue weighted by atomic mass is 16.5. The van der Waals surface area contributed by atoms with E-state index in [1.54, 1.807) is 0 Å². The Morgan fingerprint density at radius 3 is 2.62 bits per heavy atom. The molecule has 0 radical (unpaired) electrons.